The molecule has 0 saturated carbocycles. The summed E-state index contributed by atoms with van der Waals surface area (Å²) >= 11 is 0. The van der Waals surface area contributed by atoms with Crippen molar-refractivity contribution in [3.8, 4) is 11.8 Å². The molecule has 2 aromatic rings. The molecule has 1 unspecified atom stereocenters. The largest absolute Gasteiger partial charge is 0.481 e. The van der Waals surface area contributed by atoms with Gasteiger partial charge in [0.05, 0.1) is 11.6 Å². The quantitative estimate of drug-likeness (QED) is 0.637. The molecule has 0 spiro atoms. The maximum absolute atomic E-state index is 12.8. The lowest BCUT2D eigenvalue weighted by molar-refractivity contribution is -0.131. The Bertz CT molecular complexity index is 840. The maximum Gasteiger partial charge on any atom is 0.279 e. The van der Waals surface area contributed by atoms with E-state index < -0.39 is 23.7 Å². The molecular weight excluding hydrogens is 337 g/mol. The molecule has 2 N–H and O–H groups in total. The van der Waals surface area contributed by atoms with Crippen LogP contribution in [0.1, 0.15) is 18.1 Å². The van der Waals surface area contributed by atoms with Crippen LogP contribution < -0.4 is 15.6 Å². The van der Waals surface area contributed by atoms with Gasteiger partial charge in [0, 0.05) is 6.08 Å². The topological polar surface area (TPSA) is 91.2 Å². The van der Waals surface area contributed by atoms with Gasteiger partial charge in [-0.05, 0) is 55.0 Å². The van der Waals surface area contributed by atoms with Crippen molar-refractivity contribution < 1.29 is 18.7 Å². The Morgan fingerprint density at radius 1 is 1.12 bits per heavy atom. The summed E-state index contributed by atoms with van der Waals surface area (Å²) in [6.07, 6.45) is 1.90. The van der Waals surface area contributed by atoms with Crippen molar-refractivity contribution in [3.05, 3.63) is 71.6 Å². The number of carbonyl (C=O) groups excluding carboxylic acids is 2. The number of ether oxygens (including phenoxy) is 1. The Labute approximate surface area is 149 Å². The lowest BCUT2D eigenvalue weighted by atomic mass is 10.1. The second kappa shape index (κ2) is 8.99. The molecule has 0 radical (unpaired) electrons. The number of nitrogens with zero attached hydrogens (tertiary/aromatic N) is 1. The lowest BCUT2D eigenvalue weighted by Crippen LogP contribution is -2.46. The standard InChI is InChI=1S/C19H16FN3O3/c1-13(26-17-9-7-16(20)8-10-17)19(25)23-22-18(24)11-6-14-2-4-15(12-21)5-3-14/h2-11,13H,1H3,(H,22,24)(H,23,25)/b11-6+. The van der Waals surface area contributed by atoms with E-state index in [1.54, 1.807) is 30.3 Å². The van der Waals surface area contributed by atoms with Gasteiger partial charge in [-0.3, -0.25) is 20.4 Å². The first-order valence-corrected chi connectivity index (χ1v) is 7.68. The van der Waals surface area contributed by atoms with Gasteiger partial charge in [0.25, 0.3) is 11.8 Å². The van der Waals surface area contributed by atoms with E-state index >= 15 is 0 Å². The Balaban J connectivity index is 1.79. The highest BCUT2D eigenvalue weighted by molar-refractivity contribution is 5.93. The first kappa shape index (κ1) is 18.7. The van der Waals surface area contributed by atoms with Crippen molar-refractivity contribution in [2.24, 2.45) is 0 Å². The van der Waals surface area contributed by atoms with Crippen molar-refractivity contribution in [3.63, 3.8) is 0 Å². The number of rotatable bonds is 5. The minimum atomic E-state index is -0.886. The van der Waals surface area contributed by atoms with Crippen LogP contribution in [0.5, 0.6) is 5.75 Å². The smallest absolute Gasteiger partial charge is 0.279 e. The molecule has 0 bridgehead atoms. The Hall–Kier alpha value is -3.66. The molecule has 26 heavy (non-hydrogen) atoms. The van der Waals surface area contributed by atoms with E-state index in [4.69, 9.17) is 10.00 Å². The summed E-state index contributed by atoms with van der Waals surface area (Å²) in [4.78, 5) is 23.6. The van der Waals surface area contributed by atoms with Gasteiger partial charge >= 0.3 is 0 Å². The van der Waals surface area contributed by atoms with E-state index in [0.29, 0.717) is 11.3 Å². The molecule has 2 rings (SSSR count). The fourth-order valence-corrected chi connectivity index (χ4v) is 1.88. The minimum Gasteiger partial charge on any atom is -0.481 e. The molecule has 2 amide bonds. The zero-order chi connectivity index (χ0) is 18.9. The van der Waals surface area contributed by atoms with Crippen molar-refractivity contribution in [1.29, 1.82) is 5.26 Å². The van der Waals surface area contributed by atoms with Crippen LogP contribution in [0.4, 0.5) is 4.39 Å². The number of nitriles is 1. The lowest BCUT2D eigenvalue weighted by Gasteiger charge is -2.14. The highest BCUT2D eigenvalue weighted by Crippen LogP contribution is 2.12. The average molecular weight is 353 g/mol. The summed E-state index contributed by atoms with van der Waals surface area (Å²) in [7, 11) is 0. The normalized spacial score (nSPS) is 11.4. The van der Waals surface area contributed by atoms with Gasteiger partial charge in [-0.2, -0.15) is 5.26 Å². The number of hydrazine groups is 1. The van der Waals surface area contributed by atoms with E-state index in [-0.39, 0.29) is 0 Å². The van der Waals surface area contributed by atoms with Crippen LogP contribution in [0.2, 0.25) is 0 Å². The number of hydrogen-bond acceptors (Lipinski definition) is 4. The Morgan fingerprint density at radius 2 is 1.77 bits per heavy atom. The molecule has 0 aliphatic rings. The van der Waals surface area contributed by atoms with Crippen LogP contribution in [0.15, 0.2) is 54.6 Å². The molecule has 1 atom stereocenters. The van der Waals surface area contributed by atoms with Crippen molar-refractivity contribution in [1.82, 2.24) is 10.9 Å². The summed E-state index contributed by atoms with van der Waals surface area (Å²) in [6, 6.07) is 13.9. The fourth-order valence-electron chi connectivity index (χ4n) is 1.88. The van der Waals surface area contributed by atoms with Gasteiger partial charge in [0.1, 0.15) is 11.6 Å². The third kappa shape index (κ3) is 5.76. The predicted octanol–water partition coefficient (Wildman–Crippen LogP) is 2.33. The van der Waals surface area contributed by atoms with E-state index in [9.17, 15) is 14.0 Å². The van der Waals surface area contributed by atoms with Gasteiger partial charge < -0.3 is 4.74 Å². The third-order valence-electron chi connectivity index (χ3n) is 3.27. The molecule has 0 aromatic heterocycles. The van der Waals surface area contributed by atoms with Crippen molar-refractivity contribution in [2.75, 3.05) is 0 Å². The predicted molar refractivity (Wildman–Crippen MR) is 93.0 cm³/mol. The van der Waals surface area contributed by atoms with E-state index in [0.717, 1.165) is 5.56 Å². The van der Waals surface area contributed by atoms with Crippen LogP contribution in [0.3, 0.4) is 0 Å². The second-order valence-electron chi connectivity index (χ2n) is 5.26. The first-order chi connectivity index (χ1) is 12.5. The van der Waals surface area contributed by atoms with Crippen LogP contribution in [0.25, 0.3) is 6.08 Å². The molecule has 7 heteroatoms. The van der Waals surface area contributed by atoms with Crippen molar-refractivity contribution in [2.45, 2.75) is 13.0 Å². The highest BCUT2D eigenvalue weighted by atomic mass is 19.1. The fraction of sp³-hybridized carbons (Fsp3) is 0.105. The minimum absolute atomic E-state index is 0.334. The third-order valence-corrected chi connectivity index (χ3v) is 3.27. The summed E-state index contributed by atoms with van der Waals surface area (Å²) in [5.74, 6) is -1.16. The second-order valence-corrected chi connectivity index (χ2v) is 5.26. The van der Waals surface area contributed by atoms with Gasteiger partial charge in [0.15, 0.2) is 6.10 Å². The molecule has 2 aromatic carbocycles. The van der Waals surface area contributed by atoms with Gasteiger partial charge in [0.2, 0.25) is 0 Å². The van der Waals surface area contributed by atoms with Crippen molar-refractivity contribution >= 4 is 17.9 Å². The molecule has 0 heterocycles. The zero-order valence-corrected chi connectivity index (χ0v) is 13.9. The Kier molecular flexibility index (Phi) is 6.46. The summed E-state index contributed by atoms with van der Waals surface area (Å²) in [5.41, 5.74) is 5.73. The molecule has 0 saturated heterocycles. The highest BCUT2D eigenvalue weighted by Gasteiger charge is 2.14. The van der Waals surface area contributed by atoms with E-state index in [1.165, 1.54) is 37.3 Å². The number of benzene rings is 2. The molecular formula is C19H16FN3O3. The van der Waals surface area contributed by atoms with Crippen LogP contribution in [-0.4, -0.2) is 17.9 Å². The number of carbonyl (C=O) groups is 2. The first-order valence-electron chi connectivity index (χ1n) is 7.68. The number of amides is 2. The maximum atomic E-state index is 12.8. The summed E-state index contributed by atoms with van der Waals surface area (Å²) < 4.78 is 18.2. The number of nitrogens with one attached hydrogen (secondary N) is 2. The van der Waals surface area contributed by atoms with Gasteiger partial charge in [-0.1, -0.05) is 12.1 Å². The Morgan fingerprint density at radius 3 is 2.38 bits per heavy atom. The van der Waals surface area contributed by atoms with Crippen LogP contribution >= 0.6 is 0 Å². The molecule has 0 aliphatic heterocycles. The van der Waals surface area contributed by atoms with E-state index in [1.807, 2.05) is 6.07 Å². The van der Waals surface area contributed by atoms with Gasteiger partial charge in [-0.15, -0.1) is 0 Å². The average Bonchev–Trinajstić information content (AvgIpc) is 2.66. The SMILES string of the molecule is CC(Oc1ccc(F)cc1)C(=O)NNC(=O)/C=C/c1ccc(C#N)cc1. The van der Waals surface area contributed by atoms with Crippen LogP contribution in [-0.2, 0) is 9.59 Å². The zero-order valence-electron chi connectivity index (χ0n) is 13.9. The summed E-state index contributed by atoms with van der Waals surface area (Å²) in [5, 5.41) is 8.72. The molecule has 132 valence electrons. The van der Waals surface area contributed by atoms with E-state index in [2.05, 4.69) is 10.9 Å². The molecule has 6 nitrogen and oxygen atoms in total. The molecule has 0 fully saturated rings. The monoisotopic (exact) mass is 353 g/mol. The summed E-state index contributed by atoms with van der Waals surface area (Å²) in [6.45, 7) is 1.50. The number of hydrogen-bond donors (Lipinski definition) is 2. The number of halogens is 1. The molecule has 0 aliphatic carbocycles. The van der Waals surface area contributed by atoms with Gasteiger partial charge in [-0.25, -0.2) is 4.39 Å². The van der Waals surface area contributed by atoms with Crippen LogP contribution in [0, 0.1) is 17.1 Å².